The van der Waals surface area contributed by atoms with E-state index in [1.807, 2.05) is 0 Å². The van der Waals surface area contributed by atoms with Crippen molar-refractivity contribution in [3.63, 3.8) is 0 Å². The maximum Gasteiger partial charge on any atom is 0.264 e. The number of hydrogen-bond donors (Lipinski definition) is 2. The molecule has 2 N–H and O–H groups in total. The fourth-order valence-electron chi connectivity index (χ4n) is 2.16. The number of anilines is 1. The van der Waals surface area contributed by atoms with E-state index in [0.717, 1.165) is 12.8 Å². The van der Waals surface area contributed by atoms with Crippen LogP contribution in [0.2, 0.25) is 0 Å². The summed E-state index contributed by atoms with van der Waals surface area (Å²) in [5.41, 5.74) is -0.754. The first kappa shape index (κ1) is 12.6. The molecular weight excluding hydrogens is 264 g/mol. The summed E-state index contributed by atoms with van der Waals surface area (Å²) in [6.07, 6.45) is 1.93. The monoisotopic (exact) mass is 280 g/mol. The van der Waals surface area contributed by atoms with Crippen LogP contribution in [-0.4, -0.2) is 40.5 Å². The van der Waals surface area contributed by atoms with Crippen molar-refractivity contribution in [1.82, 2.24) is 4.90 Å². The van der Waals surface area contributed by atoms with Crippen LogP contribution >= 0.6 is 11.3 Å². The molecule has 0 atom stereocenters. The first-order valence-corrected chi connectivity index (χ1v) is 7.19. The number of carbonyl (C=O) groups excluding carboxylic acids is 2. The number of nitrogens with zero attached hydrogens (tertiary/aromatic N) is 1. The standard InChI is InChI=1S/C13H16N2O3S/c1-13(18)6-15(7-13)12(17)9-4-5-10(19-9)14-11(16)8-2-3-8/h4-5,8,18H,2-3,6-7H2,1H3,(H,14,16). The second kappa shape index (κ2) is 4.31. The lowest BCUT2D eigenvalue weighted by Crippen LogP contribution is -2.61. The van der Waals surface area contributed by atoms with E-state index >= 15 is 0 Å². The molecular formula is C13H16N2O3S. The van der Waals surface area contributed by atoms with Crippen LogP contribution in [0.4, 0.5) is 5.00 Å². The number of thiophene rings is 1. The number of β-amino-alcohol motifs (C(OH)–C–C–N with tert-alkyl or cyclic N) is 1. The Labute approximate surface area is 115 Å². The van der Waals surface area contributed by atoms with E-state index in [1.54, 1.807) is 24.0 Å². The smallest absolute Gasteiger partial charge is 0.264 e. The maximum atomic E-state index is 12.1. The molecule has 1 aromatic heterocycles. The second-order valence-corrected chi connectivity index (χ2v) is 6.67. The van der Waals surface area contributed by atoms with E-state index in [1.165, 1.54) is 11.3 Å². The fourth-order valence-corrected chi connectivity index (χ4v) is 3.04. The Kier molecular flexibility index (Phi) is 2.87. The SMILES string of the molecule is CC1(O)CN(C(=O)c2ccc(NC(=O)C3CC3)s2)C1. The molecule has 102 valence electrons. The lowest BCUT2D eigenvalue weighted by molar-refractivity contribution is -0.117. The summed E-state index contributed by atoms with van der Waals surface area (Å²) in [5.74, 6) is 0.128. The van der Waals surface area contributed by atoms with Gasteiger partial charge in [0.05, 0.1) is 28.6 Å². The van der Waals surface area contributed by atoms with Crippen molar-refractivity contribution >= 4 is 28.2 Å². The summed E-state index contributed by atoms with van der Waals surface area (Å²) in [7, 11) is 0. The highest BCUT2D eigenvalue weighted by atomic mass is 32.1. The zero-order valence-corrected chi connectivity index (χ0v) is 11.5. The van der Waals surface area contributed by atoms with Crippen LogP contribution in [0.25, 0.3) is 0 Å². The number of rotatable bonds is 3. The van der Waals surface area contributed by atoms with Gasteiger partial charge in [0.15, 0.2) is 0 Å². The van der Waals surface area contributed by atoms with E-state index in [9.17, 15) is 14.7 Å². The molecule has 2 fully saturated rings. The quantitative estimate of drug-likeness (QED) is 0.877. The molecule has 1 aliphatic heterocycles. The first-order chi connectivity index (χ1) is 8.94. The molecule has 1 saturated heterocycles. The molecule has 0 spiro atoms. The molecule has 1 aliphatic carbocycles. The Morgan fingerprint density at radius 1 is 1.42 bits per heavy atom. The van der Waals surface area contributed by atoms with E-state index in [0.29, 0.717) is 23.0 Å². The summed E-state index contributed by atoms with van der Waals surface area (Å²) in [4.78, 5) is 25.9. The number of nitrogens with one attached hydrogen (secondary N) is 1. The van der Waals surface area contributed by atoms with Crippen LogP contribution in [0.5, 0.6) is 0 Å². The van der Waals surface area contributed by atoms with Crippen LogP contribution in [0.3, 0.4) is 0 Å². The van der Waals surface area contributed by atoms with Crippen LogP contribution in [0, 0.1) is 5.92 Å². The number of hydrogen-bond acceptors (Lipinski definition) is 4. The third-order valence-electron chi connectivity index (χ3n) is 3.36. The topological polar surface area (TPSA) is 69.6 Å². The first-order valence-electron chi connectivity index (χ1n) is 6.37. The minimum atomic E-state index is -0.754. The zero-order valence-electron chi connectivity index (χ0n) is 10.7. The molecule has 1 aromatic rings. The Bertz CT molecular complexity index is 526. The maximum absolute atomic E-state index is 12.1. The van der Waals surface area contributed by atoms with Gasteiger partial charge in [0.2, 0.25) is 5.91 Å². The van der Waals surface area contributed by atoms with Gasteiger partial charge in [-0.2, -0.15) is 0 Å². The predicted octanol–water partition coefficient (Wildman–Crippen LogP) is 1.30. The van der Waals surface area contributed by atoms with E-state index in [-0.39, 0.29) is 17.7 Å². The van der Waals surface area contributed by atoms with Crippen LogP contribution in [0.15, 0.2) is 12.1 Å². The molecule has 2 amide bonds. The minimum Gasteiger partial charge on any atom is -0.386 e. The molecule has 2 aliphatic rings. The molecule has 0 radical (unpaired) electrons. The van der Waals surface area contributed by atoms with Crippen molar-refractivity contribution in [2.24, 2.45) is 5.92 Å². The van der Waals surface area contributed by atoms with Gasteiger partial charge < -0.3 is 15.3 Å². The lowest BCUT2D eigenvalue weighted by atomic mass is 9.97. The third kappa shape index (κ3) is 2.64. The molecule has 0 unspecified atom stereocenters. The summed E-state index contributed by atoms with van der Waals surface area (Å²) in [6, 6.07) is 3.48. The molecule has 1 saturated carbocycles. The van der Waals surface area contributed by atoms with Crippen LogP contribution in [0.1, 0.15) is 29.4 Å². The fraction of sp³-hybridized carbons (Fsp3) is 0.538. The summed E-state index contributed by atoms with van der Waals surface area (Å²) in [5, 5.41) is 13.2. The number of amides is 2. The van der Waals surface area contributed by atoms with Crippen molar-refractivity contribution < 1.29 is 14.7 Å². The number of carbonyl (C=O) groups is 2. The molecule has 5 nitrogen and oxygen atoms in total. The molecule has 2 heterocycles. The van der Waals surface area contributed by atoms with Gasteiger partial charge in [0.25, 0.3) is 5.91 Å². The van der Waals surface area contributed by atoms with Crippen molar-refractivity contribution in [3.05, 3.63) is 17.0 Å². The highest BCUT2D eigenvalue weighted by Crippen LogP contribution is 2.32. The average molecular weight is 280 g/mol. The summed E-state index contributed by atoms with van der Waals surface area (Å²) in [6.45, 7) is 2.45. The molecule has 6 heteroatoms. The molecule has 3 rings (SSSR count). The summed E-state index contributed by atoms with van der Waals surface area (Å²) < 4.78 is 0. The van der Waals surface area contributed by atoms with Gasteiger partial charge in [-0.1, -0.05) is 0 Å². The van der Waals surface area contributed by atoms with Gasteiger partial charge in [-0.3, -0.25) is 9.59 Å². The van der Waals surface area contributed by atoms with Crippen molar-refractivity contribution in [1.29, 1.82) is 0 Å². The average Bonchev–Trinajstić information content (AvgIpc) is 3.06. The minimum absolute atomic E-state index is 0.0488. The number of likely N-dealkylation sites (tertiary alicyclic amines) is 1. The van der Waals surface area contributed by atoms with Gasteiger partial charge in [-0.25, -0.2) is 0 Å². The highest BCUT2D eigenvalue weighted by Gasteiger charge is 2.40. The Morgan fingerprint density at radius 3 is 2.68 bits per heavy atom. The Hall–Kier alpha value is -1.40. The van der Waals surface area contributed by atoms with Gasteiger partial charge in [0, 0.05) is 5.92 Å². The second-order valence-electron chi connectivity index (χ2n) is 5.59. The van der Waals surface area contributed by atoms with Gasteiger partial charge in [0.1, 0.15) is 0 Å². The van der Waals surface area contributed by atoms with Gasteiger partial charge >= 0.3 is 0 Å². The van der Waals surface area contributed by atoms with Gasteiger partial charge in [-0.05, 0) is 31.9 Å². The Morgan fingerprint density at radius 2 is 2.11 bits per heavy atom. The normalized spacial score (nSPS) is 20.8. The van der Waals surface area contributed by atoms with Crippen LogP contribution in [-0.2, 0) is 4.79 Å². The molecule has 19 heavy (non-hydrogen) atoms. The lowest BCUT2D eigenvalue weighted by Gasteiger charge is -2.43. The van der Waals surface area contributed by atoms with Gasteiger partial charge in [-0.15, -0.1) is 11.3 Å². The van der Waals surface area contributed by atoms with Crippen molar-refractivity contribution in [3.8, 4) is 0 Å². The van der Waals surface area contributed by atoms with Crippen molar-refractivity contribution in [2.45, 2.75) is 25.4 Å². The highest BCUT2D eigenvalue weighted by molar-refractivity contribution is 7.18. The molecule has 0 aromatic carbocycles. The Balaban J connectivity index is 1.61. The van der Waals surface area contributed by atoms with Crippen LogP contribution < -0.4 is 5.32 Å². The van der Waals surface area contributed by atoms with E-state index in [2.05, 4.69) is 5.32 Å². The zero-order chi connectivity index (χ0) is 13.6. The van der Waals surface area contributed by atoms with Crippen molar-refractivity contribution in [2.75, 3.05) is 18.4 Å². The van der Waals surface area contributed by atoms with E-state index in [4.69, 9.17) is 0 Å². The summed E-state index contributed by atoms with van der Waals surface area (Å²) >= 11 is 1.29. The van der Waals surface area contributed by atoms with E-state index < -0.39 is 5.60 Å². The third-order valence-corrected chi connectivity index (χ3v) is 4.35. The largest absolute Gasteiger partial charge is 0.386 e. The molecule has 0 bridgehead atoms. The number of aliphatic hydroxyl groups is 1. The predicted molar refractivity (Wildman–Crippen MR) is 72.2 cm³/mol.